The van der Waals surface area contributed by atoms with Crippen LogP contribution in [0.4, 0.5) is 10.8 Å². The van der Waals surface area contributed by atoms with Crippen molar-refractivity contribution < 1.29 is 19.0 Å². The van der Waals surface area contributed by atoms with Gasteiger partial charge in [-0.3, -0.25) is 4.79 Å². The van der Waals surface area contributed by atoms with Gasteiger partial charge < -0.3 is 24.4 Å². The van der Waals surface area contributed by atoms with Crippen LogP contribution in [0.25, 0.3) is 11.3 Å². The number of morpholine rings is 1. The van der Waals surface area contributed by atoms with Crippen LogP contribution in [0, 0.1) is 5.92 Å². The molecule has 1 aromatic heterocycles. The van der Waals surface area contributed by atoms with Gasteiger partial charge in [0.1, 0.15) is 6.61 Å². The van der Waals surface area contributed by atoms with Gasteiger partial charge in [-0.1, -0.05) is 24.3 Å². The summed E-state index contributed by atoms with van der Waals surface area (Å²) in [6.07, 6.45) is 0.625. The van der Waals surface area contributed by atoms with E-state index in [1.54, 1.807) is 18.4 Å². The Morgan fingerprint density at radius 3 is 2.78 bits per heavy atom. The van der Waals surface area contributed by atoms with Crippen LogP contribution in [0.2, 0.25) is 0 Å². The van der Waals surface area contributed by atoms with E-state index >= 15 is 0 Å². The smallest absolute Gasteiger partial charge is 0.231 e. The van der Waals surface area contributed by atoms with Gasteiger partial charge in [-0.25, -0.2) is 4.98 Å². The van der Waals surface area contributed by atoms with E-state index in [0.717, 1.165) is 59.7 Å². The number of anilines is 2. The molecule has 0 aliphatic carbocycles. The van der Waals surface area contributed by atoms with Gasteiger partial charge in [0, 0.05) is 29.7 Å². The molecule has 5 rings (SSSR count). The largest absolute Gasteiger partial charge is 0.493 e. The second kappa shape index (κ2) is 9.18. The molecule has 2 aromatic carbocycles. The molecule has 2 aliphatic heterocycles. The number of fused-ring (bicyclic) bond motifs is 1. The first-order chi connectivity index (χ1) is 15.7. The predicted molar refractivity (Wildman–Crippen MR) is 125 cm³/mol. The van der Waals surface area contributed by atoms with Crippen LogP contribution >= 0.6 is 11.3 Å². The quantitative estimate of drug-likeness (QED) is 0.635. The van der Waals surface area contributed by atoms with Crippen molar-refractivity contribution in [2.75, 3.05) is 50.2 Å². The summed E-state index contributed by atoms with van der Waals surface area (Å²) in [6, 6.07) is 13.6. The first-order valence-corrected chi connectivity index (χ1v) is 11.6. The number of methoxy groups -OCH3 is 1. The van der Waals surface area contributed by atoms with Crippen molar-refractivity contribution in [3.8, 4) is 22.8 Å². The third-order valence-electron chi connectivity index (χ3n) is 5.77. The standard InChI is InChI=1S/C24H25N3O4S/c1-29-21-4-2-3-17-13-18(14-31-22(17)21)23(28)25-19-7-5-16(6-8-19)20-15-32-24(26-20)27-9-11-30-12-10-27/h2-8,15,18H,9-14H2,1H3,(H,25,28). The molecule has 2 aliphatic rings. The predicted octanol–water partition coefficient (Wildman–Crippen LogP) is 3.85. The number of carbonyl (C=O) groups is 1. The Kier molecular flexibility index (Phi) is 5.96. The van der Waals surface area contributed by atoms with Crippen molar-refractivity contribution in [1.29, 1.82) is 0 Å². The summed E-state index contributed by atoms with van der Waals surface area (Å²) >= 11 is 1.65. The molecule has 3 aromatic rings. The summed E-state index contributed by atoms with van der Waals surface area (Å²) in [5.74, 6) is 1.15. The van der Waals surface area contributed by atoms with Crippen molar-refractivity contribution in [3.63, 3.8) is 0 Å². The first kappa shape index (κ1) is 20.8. The summed E-state index contributed by atoms with van der Waals surface area (Å²) < 4.78 is 16.6. The molecule has 1 fully saturated rings. The van der Waals surface area contributed by atoms with Crippen molar-refractivity contribution in [1.82, 2.24) is 4.98 Å². The number of nitrogens with one attached hydrogen (secondary N) is 1. The van der Waals surface area contributed by atoms with Crippen LogP contribution in [0.15, 0.2) is 47.8 Å². The highest BCUT2D eigenvalue weighted by Crippen LogP contribution is 2.36. The van der Waals surface area contributed by atoms with Gasteiger partial charge in [-0.2, -0.15) is 0 Å². The van der Waals surface area contributed by atoms with E-state index in [9.17, 15) is 4.79 Å². The van der Waals surface area contributed by atoms with Gasteiger partial charge in [0.15, 0.2) is 16.6 Å². The third kappa shape index (κ3) is 4.28. The second-order valence-electron chi connectivity index (χ2n) is 7.84. The van der Waals surface area contributed by atoms with E-state index in [1.165, 1.54) is 0 Å². The first-order valence-electron chi connectivity index (χ1n) is 10.7. The molecule has 7 nitrogen and oxygen atoms in total. The summed E-state index contributed by atoms with van der Waals surface area (Å²) in [5.41, 5.74) is 3.73. The SMILES string of the molecule is COc1cccc2c1OCC(C(=O)Nc1ccc(-c3csc(N4CCOCC4)n3)cc1)C2. The zero-order chi connectivity index (χ0) is 21.9. The molecule has 1 N–H and O–H groups in total. The van der Waals surface area contributed by atoms with Gasteiger partial charge in [0.2, 0.25) is 5.91 Å². The fourth-order valence-electron chi connectivity index (χ4n) is 3.99. The minimum atomic E-state index is -0.246. The highest BCUT2D eigenvalue weighted by Gasteiger charge is 2.28. The third-order valence-corrected chi connectivity index (χ3v) is 6.67. The molecule has 166 valence electrons. The van der Waals surface area contributed by atoms with E-state index in [0.29, 0.717) is 18.8 Å². The normalized spacial score (nSPS) is 17.9. The van der Waals surface area contributed by atoms with Gasteiger partial charge in [0.25, 0.3) is 0 Å². The van der Waals surface area contributed by atoms with Crippen LogP contribution in [0.5, 0.6) is 11.5 Å². The minimum absolute atomic E-state index is 0.0468. The Balaban J connectivity index is 1.22. The van der Waals surface area contributed by atoms with Crippen molar-refractivity contribution in [2.24, 2.45) is 5.92 Å². The molecule has 1 amide bonds. The van der Waals surface area contributed by atoms with Crippen molar-refractivity contribution >= 4 is 28.1 Å². The molecule has 1 unspecified atom stereocenters. The summed E-state index contributed by atoms with van der Waals surface area (Å²) in [5, 5.41) is 6.11. The number of nitrogens with zero attached hydrogens (tertiary/aromatic N) is 2. The number of hydrogen-bond donors (Lipinski definition) is 1. The van der Waals surface area contributed by atoms with Crippen LogP contribution in [-0.4, -0.2) is 50.9 Å². The highest BCUT2D eigenvalue weighted by molar-refractivity contribution is 7.14. The molecule has 8 heteroatoms. The van der Waals surface area contributed by atoms with Crippen molar-refractivity contribution in [2.45, 2.75) is 6.42 Å². The molecule has 3 heterocycles. The van der Waals surface area contributed by atoms with Crippen LogP contribution in [0.1, 0.15) is 5.56 Å². The highest BCUT2D eigenvalue weighted by atomic mass is 32.1. The van der Waals surface area contributed by atoms with Gasteiger partial charge in [-0.05, 0) is 30.2 Å². The van der Waals surface area contributed by atoms with Gasteiger partial charge in [0.05, 0.1) is 31.9 Å². The molecule has 0 saturated carbocycles. The van der Waals surface area contributed by atoms with Crippen LogP contribution in [0.3, 0.4) is 0 Å². The summed E-state index contributed by atoms with van der Waals surface area (Å²) in [4.78, 5) is 19.9. The maximum atomic E-state index is 12.8. The van der Waals surface area contributed by atoms with E-state index in [-0.39, 0.29) is 11.8 Å². The fourth-order valence-corrected chi connectivity index (χ4v) is 4.88. The van der Waals surface area contributed by atoms with Crippen LogP contribution in [-0.2, 0) is 16.0 Å². The number of aromatic nitrogens is 1. The molecule has 1 saturated heterocycles. The molecular formula is C24H25N3O4S. The van der Waals surface area contributed by atoms with E-state index in [1.807, 2.05) is 42.5 Å². The molecule has 0 spiro atoms. The molecular weight excluding hydrogens is 426 g/mol. The molecule has 0 bridgehead atoms. The maximum absolute atomic E-state index is 12.8. The van der Waals surface area contributed by atoms with E-state index in [4.69, 9.17) is 19.2 Å². The lowest BCUT2D eigenvalue weighted by Gasteiger charge is -2.26. The monoisotopic (exact) mass is 451 g/mol. The number of benzene rings is 2. The topological polar surface area (TPSA) is 72.9 Å². The van der Waals surface area contributed by atoms with Gasteiger partial charge in [-0.15, -0.1) is 11.3 Å². The summed E-state index contributed by atoms with van der Waals surface area (Å²) in [6.45, 7) is 3.57. The molecule has 1 atom stereocenters. The average molecular weight is 452 g/mol. The number of para-hydroxylation sites is 1. The number of hydrogen-bond acceptors (Lipinski definition) is 7. The fraction of sp³-hybridized carbons (Fsp3) is 0.333. The minimum Gasteiger partial charge on any atom is -0.493 e. The summed E-state index contributed by atoms with van der Waals surface area (Å²) in [7, 11) is 1.62. The number of amides is 1. The zero-order valence-electron chi connectivity index (χ0n) is 17.9. The Morgan fingerprint density at radius 1 is 1.19 bits per heavy atom. The Bertz CT molecular complexity index is 1090. The zero-order valence-corrected chi connectivity index (χ0v) is 18.7. The Morgan fingerprint density at radius 2 is 2.00 bits per heavy atom. The van der Waals surface area contributed by atoms with Crippen molar-refractivity contribution in [3.05, 3.63) is 53.4 Å². The average Bonchev–Trinajstić information content (AvgIpc) is 3.34. The number of thiazole rings is 1. The van der Waals surface area contributed by atoms with Gasteiger partial charge >= 0.3 is 0 Å². The lowest BCUT2D eigenvalue weighted by Crippen LogP contribution is -2.36. The van der Waals surface area contributed by atoms with Crippen LogP contribution < -0.4 is 19.7 Å². The lowest BCUT2D eigenvalue weighted by molar-refractivity contribution is -0.121. The Hall–Kier alpha value is -3.10. The van der Waals surface area contributed by atoms with E-state index in [2.05, 4.69) is 15.6 Å². The number of ether oxygens (including phenoxy) is 3. The Labute approximate surface area is 190 Å². The van der Waals surface area contributed by atoms with E-state index < -0.39 is 0 Å². The lowest BCUT2D eigenvalue weighted by atomic mass is 9.95. The maximum Gasteiger partial charge on any atom is 0.231 e. The number of rotatable bonds is 5. The molecule has 0 radical (unpaired) electrons. The molecule has 32 heavy (non-hydrogen) atoms. The second-order valence-corrected chi connectivity index (χ2v) is 8.68. The number of carbonyl (C=O) groups excluding carboxylic acids is 1.